The molecule has 1 N–H and O–H groups in total. The highest BCUT2D eigenvalue weighted by Gasteiger charge is 2.39. The Labute approximate surface area is 141 Å². The van der Waals surface area contributed by atoms with E-state index in [1.807, 2.05) is 35.7 Å². The molecule has 3 rings (SSSR count). The molecule has 8 nitrogen and oxygen atoms in total. The van der Waals surface area contributed by atoms with Crippen LogP contribution >= 0.6 is 0 Å². The second-order valence-electron chi connectivity index (χ2n) is 7.35. The third-order valence-corrected chi connectivity index (χ3v) is 4.52. The van der Waals surface area contributed by atoms with E-state index in [-0.39, 0.29) is 23.5 Å². The highest BCUT2D eigenvalue weighted by molar-refractivity contribution is 5.80. The van der Waals surface area contributed by atoms with Crippen LogP contribution in [0, 0.1) is 0 Å². The van der Waals surface area contributed by atoms with Crippen LogP contribution in [0.1, 0.15) is 44.6 Å². The van der Waals surface area contributed by atoms with Crippen LogP contribution in [0.5, 0.6) is 0 Å². The lowest BCUT2D eigenvalue weighted by Crippen LogP contribution is -2.36. The lowest BCUT2D eigenvalue weighted by Gasteiger charge is -2.25. The van der Waals surface area contributed by atoms with Crippen molar-refractivity contribution in [1.82, 2.24) is 35.0 Å². The fourth-order valence-corrected chi connectivity index (χ4v) is 3.07. The predicted octanol–water partition coefficient (Wildman–Crippen LogP) is 0.828. The Balaban J connectivity index is 1.73. The summed E-state index contributed by atoms with van der Waals surface area (Å²) in [4.78, 5) is 14.0. The Morgan fingerprint density at radius 3 is 2.67 bits per heavy atom. The molecule has 1 aliphatic rings. The van der Waals surface area contributed by atoms with Gasteiger partial charge in [-0.15, -0.1) is 5.10 Å². The molecule has 0 spiro atoms. The van der Waals surface area contributed by atoms with Gasteiger partial charge in [0.2, 0.25) is 5.91 Å². The molecular weight excluding hydrogens is 306 g/mol. The van der Waals surface area contributed by atoms with Crippen LogP contribution < -0.4 is 5.32 Å². The number of hydrogen-bond acceptors (Lipinski definition) is 5. The molecule has 0 radical (unpaired) electrons. The van der Waals surface area contributed by atoms with Crippen molar-refractivity contribution in [2.45, 2.75) is 51.4 Å². The van der Waals surface area contributed by atoms with E-state index in [4.69, 9.17) is 0 Å². The van der Waals surface area contributed by atoms with Gasteiger partial charge in [0.25, 0.3) is 0 Å². The van der Waals surface area contributed by atoms with Crippen LogP contribution in [-0.4, -0.2) is 48.7 Å². The van der Waals surface area contributed by atoms with Crippen molar-refractivity contribution in [2.75, 3.05) is 7.05 Å². The molecule has 1 fully saturated rings. The highest BCUT2D eigenvalue weighted by Crippen LogP contribution is 2.31. The van der Waals surface area contributed by atoms with E-state index in [1.165, 1.54) is 0 Å². The van der Waals surface area contributed by atoms with Crippen LogP contribution in [0.2, 0.25) is 0 Å². The van der Waals surface area contributed by atoms with Crippen molar-refractivity contribution < 1.29 is 4.79 Å². The zero-order chi connectivity index (χ0) is 17.5. The van der Waals surface area contributed by atoms with Gasteiger partial charge in [0, 0.05) is 39.3 Å². The molecule has 0 aromatic carbocycles. The lowest BCUT2D eigenvalue weighted by atomic mass is 10.1. The maximum absolute atomic E-state index is 12.2. The summed E-state index contributed by atoms with van der Waals surface area (Å²) >= 11 is 0. The summed E-state index contributed by atoms with van der Waals surface area (Å²) in [6.45, 7) is 6.84. The number of carbonyl (C=O) groups is 1. The normalized spacial score (nSPS) is 21.7. The molecule has 0 aliphatic carbocycles. The SMILES string of the molecule is CN1C(=O)C[C@@H](NCc2cn(C(C)(C)C)nn2)[C@@H]1c1ccnn1C. The minimum atomic E-state index is -0.0912. The van der Waals surface area contributed by atoms with E-state index >= 15 is 0 Å². The summed E-state index contributed by atoms with van der Waals surface area (Å²) in [6.07, 6.45) is 4.18. The van der Waals surface area contributed by atoms with Gasteiger partial charge in [-0.05, 0) is 26.8 Å². The number of likely N-dealkylation sites (N-methyl/N-ethyl adjacent to an activating group) is 1. The molecule has 1 saturated heterocycles. The summed E-state index contributed by atoms with van der Waals surface area (Å²) in [5.74, 6) is 0.136. The Bertz CT molecular complexity index is 727. The van der Waals surface area contributed by atoms with E-state index < -0.39 is 0 Å². The van der Waals surface area contributed by atoms with Gasteiger partial charge in [0.05, 0.1) is 29.2 Å². The number of carbonyl (C=O) groups excluding carboxylic acids is 1. The quantitative estimate of drug-likeness (QED) is 0.897. The first-order chi connectivity index (χ1) is 11.3. The first kappa shape index (κ1) is 16.6. The van der Waals surface area contributed by atoms with Crippen molar-refractivity contribution in [2.24, 2.45) is 7.05 Å². The largest absolute Gasteiger partial charge is 0.336 e. The zero-order valence-corrected chi connectivity index (χ0v) is 14.9. The summed E-state index contributed by atoms with van der Waals surface area (Å²) in [7, 11) is 3.75. The van der Waals surface area contributed by atoms with E-state index in [2.05, 4.69) is 41.5 Å². The first-order valence-corrected chi connectivity index (χ1v) is 8.16. The van der Waals surface area contributed by atoms with E-state index in [1.54, 1.807) is 11.1 Å². The molecule has 2 aromatic rings. The van der Waals surface area contributed by atoms with Crippen molar-refractivity contribution in [3.63, 3.8) is 0 Å². The average molecular weight is 331 g/mol. The smallest absolute Gasteiger partial charge is 0.224 e. The fraction of sp³-hybridized carbons (Fsp3) is 0.625. The standard InChI is InChI=1S/C16H25N7O/c1-16(2,3)23-10-11(19-20-23)9-17-12-8-14(24)21(4)15(12)13-6-7-18-22(13)5/h6-7,10,12,15,17H,8-9H2,1-5H3/t12-,15-/m1/s1. The van der Waals surface area contributed by atoms with Gasteiger partial charge in [0.1, 0.15) is 0 Å². The zero-order valence-electron chi connectivity index (χ0n) is 14.9. The van der Waals surface area contributed by atoms with Crippen LogP contribution in [-0.2, 0) is 23.9 Å². The van der Waals surface area contributed by atoms with Crippen molar-refractivity contribution in [3.8, 4) is 0 Å². The number of nitrogens with one attached hydrogen (secondary N) is 1. The van der Waals surface area contributed by atoms with Gasteiger partial charge < -0.3 is 10.2 Å². The predicted molar refractivity (Wildman–Crippen MR) is 89.0 cm³/mol. The second kappa shape index (κ2) is 6.01. The molecule has 0 bridgehead atoms. The van der Waals surface area contributed by atoms with E-state index in [0.29, 0.717) is 13.0 Å². The van der Waals surface area contributed by atoms with Crippen molar-refractivity contribution in [3.05, 3.63) is 29.8 Å². The summed E-state index contributed by atoms with van der Waals surface area (Å²) in [5, 5.41) is 16.1. The lowest BCUT2D eigenvalue weighted by molar-refractivity contribution is -0.127. The van der Waals surface area contributed by atoms with E-state index in [0.717, 1.165) is 11.4 Å². The molecule has 3 heterocycles. The summed E-state index contributed by atoms with van der Waals surface area (Å²) in [5.41, 5.74) is 1.81. The number of amides is 1. The molecule has 2 atom stereocenters. The Morgan fingerprint density at radius 1 is 1.33 bits per heavy atom. The number of rotatable bonds is 4. The minimum absolute atomic E-state index is 0.0253. The molecule has 8 heteroatoms. The topological polar surface area (TPSA) is 80.9 Å². The third kappa shape index (κ3) is 3.06. The highest BCUT2D eigenvalue weighted by atomic mass is 16.2. The second-order valence-corrected chi connectivity index (χ2v) is 7.35. The monoisotopic (exact) mass is 331 g/mol. The minimum Gasteiger partial charge on any atom is -0.336 e. The van der Waals surface area contributed by atoms with Crippen molar-refractivity contribution >= 4 is 5.91 Å². The van der Waals surface area contributed by atoms with Gasteiger partial charge >= 0.3 is 0 Å². The number of aryl methyl sites for hydroxylation is 1. The number of hydrogen-bond donors (Lipinski definition) is 1. The molecule has 0 unspecified atom stereocenters. The number of aromatic nitrogens is 5. The van der Waals surface area contributed by atoms with Gasteiger partial charge in [-0.25, -0.2) is 4.68 Å². The molecule has 1 aliphatic heterocycles. The van der Waals surface area contributed by atoms with Gasteiger partial charge in [-0.2, -0.15) is 5.10 Å². The molecule has 130 valence electrons. The first-order valence-electron chi connectivity index (χ1n) is 8.16. The molecule has 1 amide bonds. The average Bonchev–Trinajstić information content (AvgIpc) is 3.18. The van der Waals surface area contributed by atoms with E-state index in [9.17, 15) is 4.79 Å². The molecular formula is C16H25N7O. The third-order valence-electron chi connectivity index (χ3n) is 4.52. The molecule has 2 aromatic heterocycles. The molecule has 0 saturated carbocycles. The fourth-order valence-electron chi connectivity index (χ4n) is 3.07. The maximum atomic E-state index is 12.2. The van der Waals surface area contributed by atoms with Crippen molar-refractivity contribution in [1.29, 1.82) is 0 Å². The van der Waals surface area contributed by atoms with Gasteiger partial charge in [-0.1, -0.05) is 5.21 Å². The number of likely N-dealkylation sites (tertiary alicyclic amines) is 1. The van der Waals surface area contributed by atoms with Crippen LogP contribution in [0.25, 0.3) is 0 Å². The summed E-state index contributed by atoms with van der Waals surface area (Å²) < 4.78 is 3.68. The van der Waals surface area contributed by atoms with Gasteiger partial charge in [-0.3, -0.25) is 9.48 Å². The van der Waals surface area contributed by atoms with Crippen LogP contribution in [0.3, 0.4) is 0 Å². The molecule has 24 heavy (non-hydrogen) atoms. The van der Waals surface area contributed by atoms with Crippen LogP contribution in [0.4, 0.5) is 0 Å². The van der Waals surface area contributed by atoms with Gasteiger partial charge in [0.15, 0.2) is 0 Å². The van der Waals surface area contributed by atoms with Crippen LogP contribution in [0.15, 0.2) is 18.5 Å². The Kier molecular flexibility index (Phi) is 4.16. The Hall–Kier alpha value is -2.22. The summed E-state index contributed by atoms with van der Waals surface area (Å²) in [6, 6.07) is 1.96. The number of nitrogens with zero attached hydrogens (tertiary/aromatic N) is 6. The maximum Gasteiger partial charge on any atom is 0.224 e. The Morgan fingerprint density at radius 2 is 2.08 bits per heavy atom.